The lowest BCUT2D eigenvalue weighted by Gasteiger charge is -2.01. The molecular formula is C4H8F2O5S. The Hall–Kier alpha value is -0.310. The fourth-order valence-corrected chi connectivity index (χ4v) is 0.649. The molecule has 0 aliphatic heterocycles. The van der Waals surface area contributed by atoms with E-state index >= 15 is 0 Å². The van der Waals surface area contributed by atoms with Crippen molar-refractivity contribution >= 4 is 10.4 Å². The molecule has 0 aliphatic rings. The average Bonchev–Trinajstić information content (AvgIpc) is 1.83. The molecule has 0 radical (unpaired) electrons. The van der Waals surface area contributed by atoms with Gasteiger partial charge in [-0.2, -0.15) is 8.42 Å². The summed E-state index contributed by atoms with van der Waals surface area (Å²) >= 11 is 0. The van der Waals surface area contributed by atoms with Gasteiger partial charge >= 0.3 is 10.4 Å². The van der Waals surface area contributed by atoms with Crippen molar-refractivity contribution in [2.45, 2.75) is 6.43 Å². The highest BCUT2D eigenvalue weighted by Crippen LogP contribution is 1.92. The molecule has 0 aromatic carbocycles. The summed E-state index contributed by atoms with van der Waals surface area (Å²) in [4.78, 5) is 0. The Labute approximate surface area is 68.2 Å². The first-order valence-electron chi connectivity index (χ1n) is 2.89. The van der Waals surface area contributed by atoms with E-state index in [1.807, 2.05) is 0 Å². The molecule has 0 saturated carbocycles. The SMILES string of the molecule is O=S(=O)(O)OCCOCC(F)F. The minimum atomic E-state index is -4.49. The van der Waals surface area contributed by atoms with Crippen LogP contribution >= 0.6 is 0 Å². The molecule has 0 atom stereocenters. The van der Waals surface area contributed by atoms with Gasteiger partial charge in [-0.1, -0.05) is 0 Å². The van der Waals surface area contributed by atoms with Crippen molar-refractivity contribution in [1.29, 1.82) is 0 Å². The maximum Gasteiger partial charge on any atom is 0.397 e. The lowest BCUT2D eigenvalue weighted by molar-refractivity contribution is 0.00730. The molecule has 0 rings (SSSR count). The topological polar surface area (TPSA) is 72.8 Å². The highest BCUT2D eigenvalue weighted by atomic mass is 32.3. The predicted molar refractivity (Wildman–Crippen MR) is 34.3 cm³/mol. The maximum absolute atomic E-state index is 11.4. The summed E-state index contributed by atoms with van der Waals surface area (Å²) in [6.07, 6.45) is -2.60. The van der Waals surface area contributed by atoms with Crippen LogP contribution in [0.2, 0.25) is 0 Å². The zero-order chi connectivity index (χ0) is 9.61. The first-order chi connectivity index (χ1) is 5.42. The summed E-state index contributed by atoms with van der Waals surface area (Å²) in [5.74, 6) is 0. The third kappa shape index (κ3) is 9.69. The molecule has 0 saturated heterocycles. The van der Waals surface area contributed by atoms with Crippen LogP contribution in [-0.4, -0.2) is 39.2 Å². The molecule has 1 N–H and O–H groups in total. The van der Waals surface area contributed by atoms with E-state index in [9.17, 15) is 17.2 Å². The lowest BCUT2D eigenvalue weighted by Crippen LogP contribution is -2.12. The first-order valence-corrected chi connectivity index (χ1v) is 4.26. The van der Waals surface area contributed by atoms with Gasteiger partial charge in [0.2, 0.25) is 0 Å². The van der Waals surface area contributed by atoms with Crippen molar-refractivity contribution < 1.29 is 30.7 Å². The van der Waals surface area contributed by atoms with Gasteiger partial charge < -0.3 is 4.74 Å². The van der Waals surface area contributed by atoms with Gasteiger partial charge in [0.25, 0.3) is 6.43 Å². The van der Waals surface area contributed by atoms with Crippen LogP contribution in [0.15, 0.2) is 0 Å². The second-order valence-electron chi connectivity index (χ2n) is 1.72. The largest absolute Gasteiger partial charge is 0.397 e. The molecule has 0 heterocycles. The van der Waals surface area contributed by atoms with E-state index in [0.29, 0.717) is 0 Å². The van der Waals surface area contributed by atoms with Crippen molar-refractivity contribution in [1.82, 2.24) is 0 Å². The summed E-state index contributed by atoms with van der Waals surface area (Å²) in [5, 5.41) is 0. The minimum Gasteiger partial charge on any atom is -0.373 e. The summed E-state index contributed by atoms with van der Waals surface area (Å²) < 4.78 is 58.4. The van der Waals surface area contributed by atoms with Gasteiger partial charge in [0, 0.05) is 0 Å². The summed E-state index contributed by atoms with van der Waals surface area (Å²) in [6.45, 7) is -1.58. The van der Waals surface area contributed by atoms with Gasteiger partial charge in [0.1, 0.15) is 6.61 Å². The summed E-state index contributed by atoms with van der Waals surface area (Å²) in [7, 11) is -4.49. The van der Waals surface area contributed by atoms with Crippen molar-refractivity contribution in [3.05, 3.63) is 0 Å². The highest BCUT2D eigenvalue weighted by molar-refractivity contribution is 7.80. The third-order valence-corrected chi connectivity index (χ3v) is 1.17. The van der Waals surface area contributed by atoms with Crippen molar-refractivity contribution in [2.75, 3.05) is 19.8 Å². The van der Waals surface area contributed by atoms with E-state index < -0.39 is 30.0 Å². The van der Waals surface area contributed by atoms with Crippen LogP contribution in [0, 0.1) is 0 Å². The van der Waals surface area contributed by atoms with E-state index in [4.69, 9.17) is 4.55 Å². The molecule has 74 valence electrons. The quantitative estimate of drug-likeness (QED) is 0.492. The maximum atomic E-state index is 11.4. The van der Waals surface area contributed by atoms with Crippen LogP contribution in [-0.2, 0) is 19.3 Å². The minimum absolute atomic E-state index is 0.315. The second-order valence-corrected chi connectivity index (χ2v) is 2.81. The van der Waals surface area contributed by atoms with Gasteiger partial charge in [0.15, 0.2) is 0 Å². The van der Waals surface area contributed by atoms with E-state index in [2.05, 4.69) is 8.92 Å². The summed E-state index contributed by atoms with van der Waals surface area (Å²) in [5.41, 5.74) is 0. The molecule has 0 aliphatic carbocycles. The van der Waals surface area contributed by atoms with Crippen LogP contribution in [0.1, 0.15) is 0 Å². The van der Waals surface area contributed by atoms with Crippen LogP contribution in [0.5, 0.6) is 0 Å². The number of ether oxygens (including phenoxy) is 1. The molecule has 0 amide bonds. The Bertz CT molecular complexity index is 201. The molecule has 12 heavy (non-hydrogen) atoms. The second kappa shape index (κ2) is 5.36. The smallest absolute Gasteiger partial charge is 0.373 e. The molecule has 0 fully saturated rings. The van der Waals surface area contributed by atoms with Crippen molar-refractivity contribution in [2.24, 2.45) is 0 Å². The van der Waals surface area contributed by atoms with Crippen molar-refractivity contribution in [3.8, 4) is 0 Å². The number of alkyl halides is 2. The zero-order valence-electron chi connectivity index (χ0n) is 5.94. The Morgan fingerprint density at radius 2 is 1.92 bits per heavy atom. The fraction of sp³-hybridized carbons (Fsp3) is 1.00. The predicted octanol–water partition coefficient (Wildman–Crippen LogP) is 0.0875. The number of hydrogen-bond acceptors (Lipinski definition) is 4. The van der Waals surface area contributed by atoms with E-state index in [1.165, 1.54) is 0 Å². The molecule has 5 nitrogen and oxygen atoms in total. The summed E-state index contributed by atoms with van der Waals surface area (Å²) in [6, 6.07) is 0. The number of halogens is 2. The van der Waals surface area contributed by atoms with Crippen LogP contribution in [0.25, 0.3) is 0 Å². The number of rotatable bonds is 6. The monoisotopic (exact) mass is 206 g/mol. The van der Waals surface area contributed by atoms with Gasteiger partial charge in [-0.3, -0.25) is 4.55 Å². The van der Waals surface area contributed by atoms with Crippen LogP contribution in [0.4, 0.5) is 8.78 Å². The molecule has 0 aromatic heterocycles. The Kier molecular flexibility index (Phi) is 5.22. The first kappa shape index (κ1) is 11.7. The fourth-order valence-electron chi connectivity index (χ4n) is 0.371. The van der Waals surface area contributed by atoms with Gasteiger partial charge in [-0.15, -0.1) is 0 Å². The van der Waals surface area contributed by atoms with Crippen molar-refractivity contribution in [3.63, 3.8) is 0 Å². The van der Waals surface area contributed by atoms with Gasteiger partial charge in [-0.25, -0.2) is 13.0 Å². The highest BCUT2D eigenvalue weighted by Gasteiger charge is 2.05. The normalized spacial score (nSPS) is 12.3. The standard InChI is InChI=1S/C4H8F2O5S/c5-4(6)3-10-1-2-11-12(7,8)9/h4H,1-3H2,(H,7,8,9). The molecule has 0 spiro atoms. The molecule has 0 unspecified atom stereocenters. The average molecular weight is 206 g/mol. The number of hydrogen-bond donors (Lipinski definition) is 1. The Morgan fingerprint density at radius 1 is 1.33 bits per heavy atom. The van der Waals surface area contributed by atoms with Gasteiger partial charge in [-0.05, 0) is 0 Å². The van der Waals surface area contributed by atoms with Crippen LogP contribution < -0.4 is 0 Å². The Morgan fingerprint density at radius 3 is 2.33 bits per heavy atom. The van der Waals surface area contributed by atoms with E-state index in [0.717, 1.165) is 0 Å². The zero-order valence-corrected chi connectivity index (χ0v) is 6.76. The molecular weight excluding hydrogens is 198 g/mol. The Balaban J connectivity index is 3.23. The molecule has 8 heteroatoms. The third-order valence-electron chi connectivity index (χ3n) is 0.704. The van der Waals surface area contributed by atoms with E-state index in [1.54, 1.807) is 0 Å². The lowest BCUT2D eigenvalue weighted by atomic mass is 10.7. The molecule has 0 bridgehead atoms. The molecule has 0 aromatic rings. The van der Waals surface area contributed by atoms with E-state index in [-0.39, 0.29) is 6.61 Å². The van der Waals surface area contributed by atoms with Gasteiger partial charge in [0.05, 0.1) is 13.2 Å². The van der Waals surface area contributed by atoms with Crippen LogP contribution in [0.3, 0.4) is 0 Å².